The van der Waals surface area contributed by atoms with E-state index in [1.54, 1.807) is 0 Å². The molecule has 7 heavy (non-hydrogen) atoms. The third-order valence-electron chi connectivity index (χ3n) is 0.748. The first-order chi connectivity index (χ1) is 3.41. The van der Waals surface area contributed by atoms with Crippen LogP contribution in [0.25, 0.3) is 0 Å². The van der Waals surface area contributed by atoms with Crippen molar-refractivity contribution in [1.29, 1.82) is 0 Å². The van der Waals surface area contributed by atoms with Crippen molar-refractivity contribution in [2.75, 3.05) is 19.6 Å². The van der Waals surface area contributed by atoms with Crippen molar-refractivity contribution in [3.8, 4) is 0 Å². The first-order valence-electron chi connectivity index (χ1n) is 2.82. The summed E-state index contributed by atoms with van der Waals surface area (Å²) in [4.78, 5) is 0. The predicted octanol–water partition coefficient (Wildman–Crippen LogP) is -0.879. The van der Waals surface area contributed by atoms with Gasteiger partial charge in [-0.1, -0.05) is 0 Å². The summed E-state index contributed by atoms with van der Waals surface area (Å²) in [5.74, 6) is 0. The monoisotopic (exact) mass is 110 g/mol. The average Bonchev–Trinajstić information content (AvgIpc) is 1.69. The van der Waals surface area contributed by atoms with Gasteiger partial charge in [0, 0.05) is 0 Å². The van der Waals surface area contributed by atoms with Gasteiger partial charge in [-0.05, 0) is 0 Å². The molecule has 2 nitrogen and oxygen atoms in total. The molecule has 0 amide bonds. The van der Waals surface area contributed by atoms with E-state index in [1.807, 2.05) is 0 Å². The van der Waals surface area contributed by atoms with Crippen molar-refractivity contribution >= 4 is 27.9 Å². The Balaban J connectivity index is 2.45. The molecule has 0 saturated heterocycles. The minimum atomic E-state index is 0.765. The van der Waals surface area contributed by atoms with Crippen LogP contribution in [0.15, 0.2) is 0 Å². The van der Waals surface area contributed by atoms with E-state index in [0.717, 1.165) is 19.6 Å². The fourth-order valence-electron chi connectivity index (χ4n) is 0.404. The van der Waals surface area contributed by atoms with Gasteiger partial charge in [-0.3, -0.25) is 0 Å². The zero-order valence-corrected chi connectivity index (χ0v) is 6.91. The van der Waals surface area contributed by atoms with Gasteiger partial charge in [-0.2, -0.15) is 0 Å². The third kappa shape index (κ3) is 6.92. The molecule has 0 unspecified atom stereocenters. The average molecular weight is 110 g/mol. The molecule has 0 atom stereocenters. The zero-order valence-electron chi connectivity index (χ0n) is 4.91. The van der Waals surface area contributed by atoms with Gasteiger partial charge in [0.1, 0.15) is 0 Å². The number of hydrogen-bond donors (Lipinski definition) is 2. The van der Waals surface area contributed by atoms with E-state index in [4.69, 9.17) is 5.73 Å². The van der Waals surface area contributed by atoms with Gasteiger partial charge in [0.15, 0.2) is 0 Å². The van der Waals surface area contributed by atoms with E-state index in [0.29, 0.717) is 0 Å². The third-order valence-corrected chi connectivity index (χ3v) is 1.25. The SMILES string of the molecule is NCCNC[CH2][Na]. The second-order valence-corrected chi connectivity index (χ2v) is 2.54. The summed E-state index contributed by atoms with van der Waals surface area (Å²) in [5.41, 5.74) is 5.22. The Hall–Kier alpha value is 0.920. The Morgan fingerprint density at radius 2 is 2.14 bits per heavy atom. The molecule has 0 aromatic heterocycles. The Labute approximate surface area is 62.3 Å². The molecule has 0 aliphatic carbocycles. The van der Waals surface area contributed by atoms with Crippen molar-refractivity contribution in [3.05, 3.63) is 0 Å². The van der Waals surface area contributed by atoms with Crippen LogP contribution in [-0.2, 0) is 0 Å². The van der Waals surface area contributed by atoms with Crippen LogP contribution >= 0.6 is 0 Å². The van der Waals surface area contributed by atoms with E-state index >= 15 is 0 Å². The molecule has 0 spiro atoms. The van der Waals surface area contributed by atoms with Gasteiger partial charge in [-0.15, -0.1) is 0 Å². The maximum absolute atomic E-state index is 5.22. The molecule has 38 valence electrons. The topological polar surface area (TPSA) is 38.0 Å². The summed E-state index contributed by atoms with van der Waals surface area (Å²) >= 11 is 1.30. The van der Waals surface area contributed by atoms with E-state index in [9.17, 15) is 0 Å². The summed E-state index contributed by atoms with van der Waals surface area (Å²) in [6.07, 6.45) is 0. The second-order valence-electron chi connectivity index (χ2n) is 1.54. The Bertz CT molecular complexity index is 28.9. The van der Waals surface area contributed by atoms with Crippen LogP contribution in [0.5, 0.6) is 0 Å². The number of rotatable bonds is 4. The Morgan fingerprint density at radius 3 is 2.57 bits per heavy atom. The van der Waals surface area contributed by atoms with Crippen LogP contribution in [0, 0.1) is 0 Å². The zero-order chi connectivity index (χ0) is 5.54. The number of nitrogens with one attached hydrogen (secondary N) is 1. The Morgan fingerprint density at radius 1 is 1.43 bits per heavy atom. The molecule has 0 aromatic carbocycles. The normalized spacial score (nSPS) is 9.57. The summed E-state index contributed by atoms with van der Waals surface area (Å²) in [6, 6.07) is 0. The molecular weight excluding hydrogens is 99.0 g/mol. The standard InChI is InChI=1S/C4H11N2.Na/c1-2-6-4-3-5;/h6H,1-5H2;. The molecular formula is C4H11N2Na. The van der Waals surface area contributed by atoms with Crippen molar-refractivity contribution in [1.82, 2.24) is 5.32 Å². The molecule has 0 rings (SSSR count). The molecule has 0 aliphatic heterocycles. The fraction of sp³-hybridized carbons (Fsp3) is 1.00. The molecule has 0 aliphatic rings. The van der Waals surface area contributed by atoms with E-state index in [-0.39, 0.29) is 0 Å². The van der Waals surface area contributed by atoms with Crippen LogP contribution < -0.4 is 11.1 Å². The van der Waals surface area contributed by atoms with Crippen LogP contribution in [0.2, 0.25) is 3.67 Å². The van der Waals surface area contributed by atoms with Crippen LogP contribution in [0.1, 0.15) is 0 Å². The molecule has 0 fully saturated rings. The van der Waals surface area contributed by atoms with Gasteiger partial charge in [0.2, 0.25) is 0 Å². The number of hydrogen-bond acceptors (Lipinski definition) is 2. The number of nitrogens with two attached hydrogens (primary N) is 1. The van der Waals surface area contributed by atoms with Gasteiger partial charge in [0.25, 0.3) is 0 Å². The first-order valence-corrected chi connectivity index (χ1v) is 4.24. The van der Waals surface area contributed by atoms with Gasteiger partial charge in [-0.25, -0.2) is 0 Å². The van der Waals surface area contributed by atoms with Gasteiger partial charge >= 0.3 is 62.3 Å². The fourth-order valence-corrected chi connectivity index (χ4v) is 0.757. The van der Waals surface area contributed by atoms with Crippen LogP contribution in [0.3, 0.4) is 0 Å². The van der Waals surface area contributed by atoms with E-state index in [1.165, 1.54) is 31.6 Å². The van der Waals surface area contributed by atoms with Crippen molar-refractivity contribution in [3.63, 3.8) is 0 Å². The molecule has 0 aromatic rings. The van der Waals surface area contributed by atoms with E-state index < -0.39 is 0 Å². The maximum atomic E-state index is 5.22. The summed E-state index contributed by atoms with van der Waals surface area (Å²) in [7, 11) is 0. The minimum absolute atomic E-state index is 0.765. The quantitative estimate of drug-likeness (QED) is 0.364. The molecule has 0 radical (unpaired) electrons. The summed E-state index contributed by atoms with van der Waals surface area (Å²) in [6.45, 7) is 2.90. The predicted molar refractivity (Wildman–Crippen MR) is 32.5 cm³/mol. The first kappa shape index (κ1) is 7.92. The molecule has 3 heteroatoms. The van der Waals surface area contributed by atoms with Crippen LogP contribution in [0.4, 0.5) is 0 Å². The summed E-state index contributed by atoms with van der Waals surface area (Å²) in [5, 5.41) is 3.19. The van der Waals surface area contributed by atoms with Crippen molar-refractivity contribution < 1.29 is 0 Å². The molecule has 3 N–H and O–H groups in total. The second kappa shape index (κ2) is 6.92. The molecule has 0 saturated carbocycles. The summed E-state index contributed by atoms with van der Waals surface area (Å²) < 4.78 is 1.33. The van der Waals surface area contributed by atoms with Gasteiger partial charge in [0.05, 0.1) is 0 Å². The van der Waals surface area contributed by atoms with Gasteiger partial charge < -0.3 is 0 Å². The Kier molecular flexibility index (Phi) is 7.83. The molecule has 0 heterocycles. The van der Waals surface area contributed by atoms with Crippen molar-refractivity contribution in [2.24, 2.45) is 5.73 Å². The molecule has 0 bridgehead atoms. The van der Waals surface area contributed by atoms with E-state index in [2.05, 4.69) is 5.32 Å². The van der Waals surface area contributed by atoms with Crippen molar-refractivity contribution in [2.45, 2.75) is 3.67 Å². The van der Waals surface area contributed by atoms with Crippen LogP contribution in [-0.4, -0.2) is 47.6 Å².